The molecule has 2 fully saturated rings. The van der Waals surface area contributed by atoms with Gasteiger partial charge in [-0.1, -0.05) is 24.3 Å². The van der Waals surface area contributed by atoms with Gasteiger partial charge in [-0.3, -0.25) is 9.69 Å². The number of hydrogen-bond donors (Lipinski definition) is 3. The molecule has 184 valence electrons. The second-order valence-electron chi connectivity index (χ2n) is 9.50. The number of carbonyl (C=O) groups is 1. The van der Waals surface area contributed by atoms with Gasteiger partial charge in [0, 0.05) is 53.7 Å². The van der Waals surface area contributed by atoms with Gasteiger partial charge in [-0.15, -0.1) is 11.3 Å². The number of amides is 1. The molecule has 0 bridgehead atoms. The summed E-state index contributed by atoms with van der Waals surface area (Å²) >= 11 is 1.84. The van der Waals surface area contributed by atoms with Crippen LogP contribution >= 0.6 is 11.3 Å². The molecule has 3 heterocycles. The van der Waals surface area contributed by atoms with Crippen LogP contribution in [0.2, 0.25) is 0 Å². The summed E-state index contributed by atoms with van der Waals surface area (Å²) in [6.45, 7) is 10.6. The Kier molecular flexibility index (Phi) is 7.48. The van der Waals surface area contributed by atoms with E-state index in [1.165, 1.54) is 15.3 Å². The summed E-state index contributed by atoms with van der Waals surface area (Å²) in [7, 11) is 0. The molecule has 2 aliphatic heterocycles. The molecule has 1 unspecified atom stereocenters. The van der Waals surface area contributed by atoms with E-state index in [1.54, 1.807) is 0 Å². The molecule has 3 N–H and O–H groups in total. The van der Waals surface area contributed by atoms with Crippen LogP contribution < -0.4 is 16.0 Å². The topological polar surface area (TPSA) is 65.6 Å². The van der Waals surface area contributed by atoms with Gasteiger partial charge in [-0.25, -0.2) is 0 Å². The number of aryl methyl sites for hydroxylation is 1. The lowest BCUT2D eigenvalue weighted by molar-refractivity contribution is 0.0346. The highest BCUT2D eigenvalue weighted by Gasteiger charge is 2.19. The highest BCUT2D eigenvalue weighted by molar-refractivity contribution is 7.15. The largest absolute Gasteiger partial charge is 0.380 e. The third kappa shape index (κ3) is 5.93. The average molecular weight is 491 g/mol. The summed E-state index contributed by atoms with van der Waals surface area (Å²) in [6, 6.07) is 19.3. The number of benzene rings is 2. The molecule has 2 saturated heterocycles. The fourth-order valence-corrected chi connectivity index (χ4v) is 5.55. The zero-order valence-electron chi connectivity index (χ0n) is 20.5. The standard InChI is InChI=1S/C28H34N4O2S/c1-19-6-7-23(31-24-16-29-17-24)15-26(19)28(33)30-20(2)21-4-3-5-22(14-21)27-9-8-25(35-27)18-32-10-12-34-13-11-32/h3-9,14-15,20,24,29,31H,10-13,16-18H2,1-2H3,(H,30,33). The number of morpholine rings is 1. The highest BCUT2D eigenvalue weighted by atomic mass is 32.1. The van der Waals surface area contributed by atoms with Crippen LogP contribution in [0.3, 0.4) is 0 Å². The molecule has 1 atom stereocenters. The number of rotatable bonds is 8. The number of ether oxygens (including phenoxy) is 1. The fourth-order valence-electron chi connectivity index (χ4n) is 4.50. The van der Waals surface area contributed by atoms with E-state index in [1.807, 2.05) is 43.4 Å². The number of hydrogen-bond acceptors (Lipinski definition) is 6. The van der Waals surface area contributed by atoms with E-state index in [4.69, 9.17) is 4.74 Å². The van der Waals surface area contributed by atoms with Crippen molar-refractivity contribution < 1.29 is 9.53 Å². The first-order chi connectivity index (χ1) is 17.0. The van der Waals surface area contributed by atoms with Crippen molar-refractivity contribution in [3.05, 3.63) is 76.2 Å². The van der Waals surface area contributed by atoms with E-state index < -0.39 is 0 Å². The molecule has 1 amide bonds. The fraction of sp³-hybridized carbons (Fsp3) is 0.393. The Bertz CT molecular complexity index is 1170. The first kappa shape index (κ1) is 24.0. The third-order valence-electron chi connectivity index (χ3n) is 6.80. The average Bonchev–Trinajstić information content (AvgIpc) is 3.31. The molecule has 0 aliphatic carbocycles. The van der Waals surface area contributed by atoms with Crippen LogP contribution in [0.5, 0.6) is 0 Å². The second kappa shape index (κ2) is 10.9. The molecule has 1 aromatic heterocycles. The van der Waals surface area contributed by atoms with E-state index in [9.17, 15) is 4.79 Å². The van der Waals surface area contributed by atoms with Gasteiger partial charge in [0.05, 0.1) is 25.3 Å². The Morgan fingerprint density at radius 3 is 2.74 bits per heavy atom. The Morgan fingerprint density at radius 2 is 1.97 bits per heavy atom. The van der Waals surface area contributed by atoms with E-state index in [2.05, 4.69) is 57.2 Å². The molecule has 7 heteroatoms. The van der Waals surface area contributed by atoms with Crippen molar-refractivity contribution in [3.63, 3.8) is 0 Å². The molecule has 5 rings (SSSR count). The maximum atomic E-state index is 13.2. The SMILES string of the molecule is Cc1ccc(NC2CNC2)cc1C(=O)NC(C)c1cccc(-c2ccc(CN3CCOCC3)s2)c1. The monoisotopic (exact) mass is 490 g/mol. The van der Waals surface area contributed by atoms with Gasteiger partial charge >= 0.3 is 0 Å². The summed E-state index contributed by atoms with van der Waals surface area (Å²) < 4.78 is 5.46. The van der Waals surface area contributed by atoms with Crippen LogP contribution in [0.4, 0.5) is 5.69 Å². The normalized spacial score (nSPS) is 17.5. The van der Waals surface area contributed by atoms with Crippen molar-refractivity contribution >= 4 is 22.9 Å². The lowest BCUT2D eigenvalue weighted by atomic mass is 10.0. The summed E-state index contributed by atoms with van der Waals surface area (Å²) in [4.78, 5) is 18.2. The number of nitrogens with one attached hydrogen (secondary N) is 3. The number of nitrogens with zero attached hydrogens (tertiary/aromatic N) is 1. The molecule has 6 nitrogen and oxygen atoms in total. The zero-order chi connectivity index (χ0) is 24.2. The van der Waals surface area contributed by atoms with Gasteiger partial charge in [-0.2, -0.15) is 0 Å². The maximum Gasteiger partial charge on any atom is 0.252 e. The number of thiophene rings is 1. The van der Waals surface area contributed by atoms with E-state index in [0.29, 0.717) is 6.04 Å². The van der Waals surface area contributed by atoms with Crippen LogP contribution in [0, 0.1) is 6.92 Å². The maximum absolute atomic E-state index is 13.2. The van der Waals surface area contributed by atoms with Crippen LogP contribution in [0.15, 0.2) is 54.6 Å². The predicted octanol–water partition coefficient (Wildman–Crippen LogP) is 4.43. The van der Waals surface area contributed by atoms with Gasteiger partial charge in [0.2, 0.25) is 0 Å². The minimum Gasteiger partial charge on any atom is -0.380 e. The third-order valence-corrected chi connectivity index (χ3v) is 7.92. The van der Waals surface area contributed by atoms with Crippen molar-refractivity contribution in [2.45, 2.75) is 32.5 Å². The van der Waals surface area contributed by atoms with Crippen LogP contribution in [-0.4, -0.2) is 56.2 Å². The Hall–Kier alpha value is -2.71. The molecule has 0 saturated carbocycles. The molecule has 2 aliphatic rings. The van der Waals surface area contributed by atoms with Gasteiger partial charge in [0.1, 0.15) is 0 Å². The van der Waals surface area contributed by atoms with Crippen molar-refractivity contribution in [1.82, 2.24) is 15.5 Å². The van der Waals surface area contributed by atoms with E-state index in [0.717, 1.165) is 68.3 Å². The second-order valence-corrected chi connectivity index (χ2v) is 10.7. The highest BCUT2D eigenvalue weighted by Crippen LogP contribution is 2.31. The van der Waals surface area contributed by atoms with Gasteiger partial charge in [-0.05, 0) is 60.9 Å². The molecule has 2 aromatic carbocycles. The summed E-state index contributed by atoms with van der Waals surface area (Å²) in [5.74, 6) is -0.0419. The minimum atomic E-state index is -0.0953. The quantitative estimate of drug-likeness (QED) is 0.436. The predicted molar refractivity (Wildman–Crippen MR) is 143 cm³/mol. The van der Waals surface area contributed by atoms with Crippen molar-refractivity contribution in [2.24, 2.45) is 0 Å². The van der Waals surface area contributed by atoms with E-state index >= 15 is 0 Å². The van der Waals surface area contributed by atoms with Gasteiger partial charge in [0.25, 0.3) is 5.91 Å². The summed E-state index contributed by atoms with van der Waals surface area (Å²) in [5.41, 5.74) is 4.99. The lowest BCUT2D eigenvalue weighted by Gasteiger charge is -2.29. The number of carbonyl (C=O) groups excluding carboxylic acids is 1. The van der Waals surface area contributed by atoms with Gasteiger partial charge in [0.15, 0.2) is 0 Å². The molecular formula is C28H34N4O2S. The first-order valence-corrected chi connectivity index (χ1v) is 13.2. The Labute approximate surface area is 211 Å². The smallest absolute Gasteiger partial charge is 0.252 e. The Morgan fingerprint density at radius 1 is 1.14 bits per heavy atom. The molecule has 0 spiro atoms. The van der Waals surface area contributed by atoms with Crippen molar-refractivity contribution in [1.29, 1.82) is 0 Å². The minimum absolute atomic E-state index is 0.0419. The van der Waals surface area contributed by atoms with Gasteiger partial charge < -0.3 is 20.7 Å². The summed E-state index contributed by atoms with van der Waals surface area (Å²) in [6.07, 6.45) is 0. The van der Waals surface area contributed by atoms with Crippen LogP contribution in [0.25, 0.3) is 10.4 Å². The first-order valence-electron chi connectivity index (χ1n) is 12.4. The van der Waals surface area contributed by atoms with Crippen molar-refractivity contribution in [2.75, 3.05) is 44.7 Å². The number of anilines is 1. The van der Waals surface area contributed by atoms with E-state index in [-0.39, 0.29) is 11.9 Å². The molecular weight excluding hydrogens is 456 g/mol. The molecule has 0 radical (unpaired) electrons. The zero-order valence-corrected chi connectivity index (χ0v) is 21.3. The molecule has 3 aromatic rings. The van der Waals surface area contributed by atoms with Crippen LogP contribution in [0.1, 0.15) is 39.3 Å². The summed E-state index contributed by atoms with van der Waals surface area (Å²) in [5, 5.41) is 9.96. The molecule has 35 heavy (non-hydrogen) atoms. The van der Waals surface area contributed by atoms with Crippen molar-refractivity contribution in [3.8, 4) is 10.4 Å². The van der Waals surface area contributed by atoms with Crippen LogP contribution in [-0.2, 0) is 11.3 Å². The lowest BCUT2D eigenvalue weighted by Crippen LogP contribution is -2.51. The Balaban J connectivity index is 1.25.